The fourth-order valence-corrected chi connectivity index (χ4v) is 6.26. The highest BCUT2D eigenvalue weighted by Gasteiger charge is 2.44. The molecule has 0 spiro atoms. The van der Waals surface area contributed by atoms with Crippen molar-refractivity contribution in [1.82, 2.24) is 15.5 Å². The van der Waals surface area contributed by atoms with Crippen LogP contribution in [0, 0.1) is 5.41 Å². The fourth-order valence-electron chi connectivity index (χ4n) is 5.80. The van der Waals surface area contributed by atoms with Gasteiger partial charge in [-0.1, -0.05) is 96.4 Å². The number of hydrogen-bond acceptors (Lipinski definition) is 3. The molecule has 2 aromatic carbocycles. The quantitative estimate of drug-likeness (QED) is 0.290. The maximum atomic E-state index is 14.5. The van der Waals surface area contributed by atoms with E-state index in [1.807, 2.05) is 42.5 Å². The second-order valence-electron chi connectivity index (χ2n) is 11.8. The van der Waals surface area contributed by atoms with Crippen molar-refractivity contribution in [1.29, 1.82) is 0 Å². The lowest BCUT2D eigenvalue weighted by atomic mass is 9.87. The Hall–Kier alpha value is -2.38. The van der Waals surface area contributed by atoms with Crippen molar-refractivity contribution in [2.75, 3.05) is 0 Å². The number of rotatable bonds is 9. The number of nitrogens with zero attached hydrogens (tertiary/aromatic N) is 1. The molecule has 0 heterocycles. The fraction of sp³-hybridized carbons (Fsp3) is 0.531. The summed E-state index contributed by atoms with van der Waals surface area (Å²) in [7, 11) is 0. The Morgan fingerprint density at radius 2 is 1.43 bits per heavy atom. The molecule has 2 N–H and O–H groups in total. The van der Waals surface area contributed by atoms with Gasteiger partial charge in [0.15, 0.2) is 0 Å². The summed E-state index contributed by atoms with van der Waals surface area (Å²) in [6.07, 6.45) is 10.3. The predicted octanol–water partition coefficient (Wildman–Crippen LogP) is 7.10. The molecule has 0 aliphatic heterocycles. The van der Waals surface area contributed by atoms with Crippen LogP contribution in [0.25, 0.3) is 0 Å². The molecule has 1 atom stereocenters. The first kappa shape index (κ1) is 30.6. The Kier molecular flexibility index (Phi) is 10.7. The second-order valence-corrected chi connectivity index (χ2v) is 13.1. The summed E-state index contributed by atoms with van der Waals surface area (Å²) < 4.78 is 0.874. The number of hydrogen-bond donors (Lipinski definition) is 2. The molecule has 4 rings (SSSR count). The van der Waals surface area contributed by atoms with Crippen molar-refractivity contribution in [3.8, 4) is 0 Å². The van der Waals surface area contributed by atoms with Crippen LogP contribution in [-0.4, -0.2) is 34.7 Å². The molecule has 0 radical (unpaired) electrons. The minimum atomic E-state index is -1.39. The Morgan fingerprint density at radius 3 is 2.00 bits per heavy atom. The molecule has 2 aromatic rings. The van der Waals surface area contributed by atoms with Crippen LogP contribution in [0.1, 0.15) is 95.2 Å². The molecule has 0 aromatic heterocycles. The van der Waals surface area contributed by atoms with E-state index in [1.165, 1.54) is 12.8 Å². The SMILES string of the molecule is CC(C)(C(=O)NC1CCCCC1)C(=O)N(Cc1ccccc1Cl)C(C(=O)NC1CCCCC1)c1ccc(Br)cc1. The number of carbonyl (C=O) groups excluding carboxylic acids is 3. The summed E-state index contributed by atoms with van der Waals surface area (Å²) in [6.45, 7) is 3.41. The van der Waals surface area contributed by atoms with Gasteiger partial charge in [0, 0.05) is 28.1 Å². The zero-order chi connectivity index (χ0) is 28.7. The molecule has 216 valence electrons. The standard InChI is InChI=1S/C32H41BrClN3O3/c1-32(2,30(39)36-26-14-7-4-8-15-26)31(40)37(21-23-11-9-10-16-27(23)34)28(22-17-19-24(33)20-18-22)29(38)35-25-12-5-3-6-13-25/h9-11,16-20,25-26,28H,3-8,12-15,21H2,1-2H3,(H,35,38)(H,36,39). The minimum Gasteiger partial charge on any atom is -0.352 e. The molecule has 0 bridgehead atoms. The zero-order valence-corrected chi connectivity index (χ0v) is 25.9. The van der Waals surface area contributed by atoms with Gasteiger partial charge in [-0.05, 0) is 68.9 Å². The monoisotopic (exact) mass is 629 g/mol. The Morgan fingerprint density at radius 1 is 0.875 bits per heavy atom. The summed E-state index contributed by atoms with van der Waals surface area (Å²) in [4.78, 5) is 43.7. The van der Waals surface area contributed by atoms with E-state index in [9.17, 15) is 14.4 Å². The molecule has 40 heavy (non-hydrogen) atoms. The molecule has 6 nitrogen and oxygen atoms in total. The Bertz CT molecular complexity index is 1170. The van der Waals surface area contributed by atoms with Gasteiger partial charge in [-0.2, -0.15) is 0 Å². The van der Waals surface area contributed by atoms with Crippen LogP contribution < -0.4 is 10.6 Å². The molecule has 2 aliphatic carbocycles. The summed E-state index contributed by atoms with van der Waals surface area (Å²) >= 11 is 10.0. The van der Waals surface area contributed by atoms with Crippen LogP contribution in [0.2, 0.25) is 5.02 Å². The van der Waals surface area contributed by atoms with E-state index in [1.54, 1.807) is 24.8 Å². The first-order valence-corrected chi connectivity index (χ1v) is 15.7. The number of amides is 3. The summed E-state index contributed by atoms with van der Waals surface area (Å²) in [6, 6.07) is 14.0. The van der Waals surface area contributed by atoms with Crippen LogP contribution in [-0.2, 0) is 20.9 Å². The Balaban J connectivity index is 1.71. The van der Waals surface area contributed by atoms with E-state index >= 15 is 0 Å². The average Bonchev–Trinajstić information content (AvgIpc) is 2.95. The largest absolute Gasteiger partial charge is 0.352 e. The lowest BCUT2D eigenvalue weighted by Crippen LogP contribution is -2.55. The van der Waals surface area contributed by atoms with Gasteiger partial charge in [0.25, 0.3) is 0 Å². The average molecular weight is 631 g/mol. The van der Waals surface area contributed by atoms with Gasteiger partial charge in [-0.25, -0.2) is 0 Å². The highest BCUT2D eigenvalue weighted by Crippen LogP contribution is 2.33. The molecule has 0 saturated heterocycles. The molecule has 1 unspecified atom stereocenters. The molecule has 8 heteroatoms. The van der Waals surface area contributed by atoms with E-state index in [0.29, 0.717) is 16.1 Å². The maximum Gasteiger partial charge on any atom is 0.247 e. The molecular formula is C32H41BrClN3O3. The van der Waals surface area contributed by atoms with Gasteiger partial charge < -0.3 is 15.5 Å². The van der Waals surface area contributed by atoms with Crippen LogP contribution >= 0.6 is 27.5 Å². The molecule has 2 fully saturated rings. The number of carbonyl (C=O) groups is 3. The van der Waals surface area contributed by atoms with Gasteiger partial charge in [-0.15, -0.1) is 0 Å². The number of nitrogens with one attached hydrogen (secondary N) is 2. The van der Waals surface area contributed by atoms with E-state index in [2.05, 4.69) is 26.6 Å². The van der Waals surface area contributed by atoms with E-state index < -0.39 is 17.4 Å². The molecule has 2 aliphatic rings. The van der Waals surface area contributed by atoms with Gasteiger partial charge >= 0.3 is 0 Å². The maximum absolute atomic E-state index is 14.5. The number of halogens is 2. The summed E-state index contributed by atoms with van der Waals surface area (Å²) in [5.41, 5.74) is 0.00578. The third kappa shape index (κ3) is 7.67. The molecule has 2 saturated carbocycles. The smallest absolute Gasteiger partial charge is 0.247 e. The van der Waals surface area contributed by atoms with E-state index in [0.717, 1.165) is 55.8 Å². The van der Waals surface area contributed by atoms with Gasteiger partial charge in [0.2, 0.25) is 17.7 Å². The van der Waals surface area contributed by atoms with Gasteiger partial charge in [0.05, 0.1) is 0 Å². The minimum absolute atomic E-state index is 0.0686. The predicted molar refractivity (Wildman–Crippen MR) is 163 cm³/mol. The highest BCUT2D eigenvalue weighted by atomic mass is 79.9. The summed E-state index contributed by atoms with van der Waals surface area (Å²) in [5.74, 6) is -0.957. The van der Waals surface area contributed by atoms with Crippen molar-refractivity contribution >= 4 is 45.3 Å². The van der Waals surface area contributed by atoms with Crippen molar-refractivity contribution in [2.24, 2.45) is 5.41 Å². The lowest BCUT2D eigenvalue weighted by Gasteiger charge is -2.38. The second kappa shape index (κ2) is 14.0. The van der Waals surface area contributed by atoms with E-state index in [-0.39, 0.29) is 30.4 Å². The molecular weight excluding hydrogens is 590 g/mol. The van der Waals surface area contributed by atoms with Gasteiger partial charge in [0.1, 0.15) is 11.5 Å². The third-order valence-electron chi connectivity index (χ3n) is 8.30. The highest BCUT2D eigenvalue weighted by molar-refractivity contribution is 9.10. The van der Waals surface area contributed by atoms with Crippen LogP contribution in [0.15, 0.2) is 53.0 Å². The van der Waals surface area contributed by atoms with E-state index in [4.69, 9.17) is 11.6 Å². The normalized spacial score (nSPS) is 17.6. The van der Waals surface area contributed by atoms with Crippen LogP contribution in [0.3, 0.4) is 0 Å². The first-order valence-electron chi connectivity index (χ1n) is 14.6. The topological polar surface area (TPSA) is 78.5 Å². The Labute approximate surface area is 251 Å². The third-order valence-corrected chi connectivity index (χ3v) is 9.20. The molecule has 3 amide bonds. The van der Waals surface area contributed by atoms with Crippen LogP contribution in [0.5, 0.6) is 0 Å². The van der Waals surface area contributed by atoms with Crippen molar-refractivity contribution < 1.29 is 14.4 Å². The van der Waals surface area contributed by atoms with Crippen molar-refractivity contribution in [3.63, 3.8) is 0 Å². The first-order chi connectivity index (χ1) is 19.2. The van der Waals surface area contributed by atoms with Gasteiger partial charge in [-0.3, -0.25) is 14.4 Å². The zero-order valence-electron chi connectivity index (χ0n) is 23.6. The lowest BCUT2D eigenvalue weighted by molar-refractivity contribution is -0.154. The van der Waals surface area contributed by atoms with Crippen molar-refractivity contribution in [3.05, 3.63) is 69.2 Å². The summed E-state index contributed by atoms with van der Waals surface area (Å²) in [5, 5.41) is 6.87. The van der Waals surface area contributed by atoms with Crippen molar-refractivity contribution in [2.45, 2.75) is 103 Å². The number of benzene rings is 2. The van der Waals surface area contributed by atoms with Crippen LogP contribution in [0.4, 0.5) is 0 Å².